The largest absolute Gasteiger partial charge is 0.491 e. The highest BCUT2D eigenvalue weighted by Gasteiger charge is 2.26. The normalized spacial score (nSPS) is 23.2. The summed E-state index contributed by atoms with van der Waals surface area (Å²) in [7, 11) is 0. The Morgan fingerprint density at radius 1 is 1.38 bits per heavy atom. The standard InChI is InChI=1S/C17H27NO3/c1-3-17-14(8-9-20-17)10-18-11-15(19)12-21-16-6-4-13(2)5-7-16/h4-7,14-15,17-19H,3,8-12H2,1-2H3. The number of hydrogen-bond acceptors (Lipinski definition) is 4. The third-order valence-electron chi connectivity index (χ3n) is 4.00. The van der Waals surface area contributed by atoms with E-state index in [9.17, 15) is 5.11 Å². The highest BCUT2D eigenvalue weighted by Crippen LogP contribution is 2.22. The smallest absolute Gasteiger partial charge is 0.119 e. The van der Waals surface area contributed by atoms with Crippen molar-refractivity contribution in [3.8, 4) is 5.75 Å². The van der Waals surface area contributed by atoms with Crippen LogP contribution in [-0.2, 0) is 4.74 Å². The van der Waals surface area contributed by atoms with Crippen molar-refractivity contribution in [3.63, 3.8) is 0 Å². The van der Waals surface area contributed by atoms with E-state index in [-0.39, 0.29) is 0 Å². The maximum atomic E-state index is 9.94. The van der Waals surface area contributed by atoms with Crippen LogP contribution in [0.4, 0.5) is 0 Å². The average molecular weight is 293 g/mol. The van der Waals surface area contributed by atoms with Crippen molar-refractivity contribution < 1.29 is 14.6 Å². The highest BCUT2D eigenvalue weighted by atomic mass is 16.5. The minimum Gasteiger partial charge on any atom is -0.491 e. The van der Waals surface area contributed by atoms with Gasteiger partial charge < -0.3 is 19.9 Å². The van der Waals surface area contributed by atoms with Crippen molar-refractivity contribution in [1.29, 1.82) is 0 Å². The Bertz CT molecular complexity index is 407. The molecule has 0 amide bonds. The topological polar surface area (TPSA) is 50.7 Å². The van der Waals surface area contributed by atoms with Crippen molar-refractivity contribution >= 4 is 0 Å². The molecule has 2 N–H and O–H groups in total. The molecule has 1 aromatic carbocycles. The van der Waals surface area contributed by atoms with Crippen molar-refractivity contribution in [2.24, 2.45) is 5.92 Å². The van der Waals surface area contributed by atoms with E-state index >= 15 is 0 Å². The highest BCUT2D eigenvalue weighted by molar-refractivity contribution is 5.26. The number of hydrogen-bond donors (Lipinski definition) is 2. The number of nitrogens with one attached hydrogen (secondary N) is 1. The molecule has 1 aliphatic heterocycles. The monoisotopic (exact) mass is 293 g/mol. The van der Waals surface area contributed by atoms with Crippen molar-refractivity contribution in [2.45, 2.75) is 38.9 Å². The Balaban J connectivity index is 1.61. The molecule has 0 bridgehead atoms. The summed E-state index contributed by atoms with van der Waals surface area (Å²) in [5.41, 5.74) is 1.20. The van der Waals surface area contributed by atoms with E-state index in [1.807, 2.05) is 31.2 Å². The van der Waals surface area contributed by atoms with E-state index in [1.165, 1.54) is 5.56 Å². The Hall–Kier alpha value is -1.10. The van der Waals surface area contributed by atoms with Gasteiger partial charge in [-0.1, -0.05) is 24.6 Å². The molecule has 0 radical (unpaired) electrons. The van der Waals surface area contributed by atoms with Gasteiger partial charge in [0, 0.05) is 19.7 Å². The lowest BCUT2D eigenvalue weighted by atomic mass is 10.00. The first-order valence-corrected chi connectivity index (χ1v) is 7.89. The zero-order valence-corrected chi connectivity index (χ0v) is 13.0. The third-order valence-corrected chi connectivity index (χ3v) is 4.00. The molecule has 0 aliphatic carbocycles. The molecule has 3 unspecified atom stereocenters. The van der Waals surface area contributed by atoms with Crippen LogP contribution in [0.5, 0.6) is 5.75 Å². The second-order valence-corrected chi connectivity index (χ2v) is 5.80. The lowest BCUT2D eigenvalue weighted by molar-refractivity contribution is 0.0823. The first kappa shape index (κ1) is 16.3. The summed E-state index contributed by atoms with van der Waals surface area (Å²) in [6.07, 6.45) is 2.06. The van der Waals surface area contributed by atoms with Crippen LogP contribution in [0.3, 0.4) is 0 Å². The number of aliphatic hydroxyl groups is 1. The van der Waals surface area contributed by atoms with Crippen LogP contribution < -0.4 is 10.1 Å². The molecule has 4 nitrogen and oxygen atoms in total. The van der Waals surface area contributed by atoms with E-state index in [1.54, 1.807) is 0 Å². The predicted molar refractivity (Wildman–Crippen MR) is 83.7 cm³/mol. The fourth-order valence-electron chi connectivity index (χ4n) is 2.70. The Morgan fingerprint density at radius 3 is 2.86 bits per heavy atom. The second-order valence-electron chi connectivity index (χ2n) is 5.80. The molecule has 118 valence electrons. The van der Waals surface area contributed by atoms with Crippen LogP contribution in [0.15, 0.2) is 24.3 Å². The summed E-state index contributed by atoms with van der Waals surface area (Å²) in [5, 5.41) is 13.3. The summed E-state index contributed by atoms with van der Waals surface area (Å²) in [6.45, 7) is 6.84. The quantitative estimate of drug-likeness (QED) is 0.771. The Labute approximate surface area is 127 Å². The zero-order chi connectivity index (χ0) is 15.1. The molecule has 1 fully saturated rings. The SMILES string of the molecule is CCC1OCCC1CNCC(O)COc1ccc(C)cc1. The van der Waals surface area contributed by atoms with E-state index in [0.29, 0.717) is 25.2 Å². The van der Waals surface area contributed by atoms with Crippen LogP contribution in [-0.4, -0.2) is 43.6 Å². The number of benzene rings is 1. The first-order valence-electron chi connectivity index (χ1n) is 7.89. The molecular formula is C17H27NO3. The van der Waals surface area contributed by atoms with Gasteiger partial charge in [0.25, 0.3) is 0 Å². The number of rotatable bonds is 8. The van der Waals surface area contributed by atoms with Gasteiger partial charge in [0.15, 0.2) is 0 Å². The molecule has 0 spiro atoms. The summed E-state index contributed by atoms with van der Waals surface area (Å²) < 4.78 is 11.2. The maximum absolute atomic E-state index is 9.94. The van der Waals surface area contributed by atoms with Gasteiger partial charge in [-0.15, -0.1) is 0 Å². The fraction of sp³-hybridized carbons (Fsp3) is 0.647. The third kappa shape index (κ3) is 5.30. The molecule has 21 heavy (non-hydrogen) atoms. The predicted octanol–water partition coefficient (Wildman–Crippen LogP) is 2.14. The van der Waals surface area contributed by atoms with E-state index in [4.69, 9.17) is 9.47 Å². The molecule has 1 aromatic rings. The molecule has 0 saturated carbocycles. The van der Waals surface area contributed by atoms with Gasteiger partial charge in [-0.05, 0) is 37.8 Å². The zero-order valence-electron chi connectivity index (χ0n) is 13.0. The second kappa shape index (κ2) is 8.37. The van der Waals surface area contributed by atoms with E-state index in [0.717, 1.165) is 31.7 Å². The van der Waals surface area contributed by atoms with Crippen LogP contribution in [0.25, 0.3) is 0 Å². The number of aryl methyl sites for hydroxylation is 1. The molecule has 0 aromatic heterocycles. The lowest BCUT2D eigenvalue weighted by Gasteiger charge is -2.19. The van der Waals surface area contributed by atoms with Gasteiger partial charge in [-0.3, -0.25) is 0 Å². The van der Waals surface area contributed by atoms with Gasteiger partial charge in [-0.25, -0.2) is 0 Å². The lowest BCUT2D eigenvalue weighted by Crippen LogP contribution is -2.36. The summed E-state index contributed by atoms with van der Waals surface area (Å²) >= 11 is 0. The van der Waals surface area contributed by atoms with Crippen molar-refractivity contribution in [1.82, 2.24) is 5.32 Å². The van der Waals surface area contributed by atoms with Gasteiger partial charge in [-0.2, -0.15) is 0 Å². The van der Waals surface area contributed by atoms with Gasteiger partial charge in [0.05, 0.1) is 6.10 Å². The van der Waals surface area contributed by atoms with Gasteiger partial charge in [0.1, 0.15) is 18.5 Å². The minimum absolute atomic E-state index is 0.314. The van der Waals surface area contributed by atoms with Crippen molar-refractivity contribution in [3.05, 3.63) is 29.8 Å². The van der Waals surface area contributed by atoms with Gasteiger partial charge >= 0.3 is 0 Å². The molecule has 4 heteroatoms. The molecular weight excluding hydrogens is 266 g/mol. The fourth-order valence-corrected chi connectivity index (χ4v) is 2.70. The number of aliphatic hydroxyl groups excluding tert-OH is 1. The molecule has 1 aliphatic rings. The van der Waals surface area contributed by atoms with Crippen LogP contribution in [0, 0.1) is 12.8 Å². The summed E-state index contributed by atoms with van der Waals surface area (Å²) in [4.78, 5) is 0. The van der Waals surface area contributed by atoms with Gasteiger partial charge in [0.2, 0.25) is 0 Å². The number of ether oxygens (including phenoxy) is 2. The molecule has 3 atom stereocenters. The molecule has 1 heterocycles. The van der Waals surface area contributed by atoms with Crippen LogP contribution in [0.1, 0.15) is 25.3 Å². The molecule has 1 saturated heterocycles. The van der Waals surface area contributed by atoms with E-state index < -0.39 is 6.10 Å². The maximum Gasteiger partial charge on any atom is 0.119 e. The average Bonchev–Trinajstić information content (AvgIpc) is 2.94. The minimum atomic E-state index is -0.492. The van der Waals surface area contributed by atoms with Crippen LogP contribution in [0.2, 0.25) is 0 Å². The Kier molecular flexibility index (Phi) is 6.49. The molecule has 2 rings (SSSR count). The van der Waals surface area contributed by atoms with Crippen molar-refractivity contribution in [2.75, 3.05) is 26.3 Å². The van der Waals surface area contributed by atoms with E-state index in [2.05, 4.69) is 12.2 Å². The summed E-state index contributed by atoms with van der Waals surface area (Å²) in [6, 6.07) is 7.87. The summed E-state index contributed by atoms with van der Waals surface area (Å²) in [5.74, 6) is 1.37. The first-order chi connectivity index (χ1) is 10.2. The van der Waals surface area contributed by atoms with Crippen LogP contribution >= 0.6 is 0 Å². The Morgan fingerprint density at radius 2 is 2.14 bits per heavy atom.